The Morgan fingerprint density at radius 3 is 2.52 bits per heavy atom. The van der Waals surface area contributed by atoms with Crippen molar-refractivity contribution in [2.75, 3.05) is 24.3 Å². The van der Waals surface area contributed by atoms with E-state index in [1.54, 1.807) is 6.20 Å². The number of amides is 1. The number of benzene rings is 1. The van der Waals surface area contributed by atoms with Crippen molar-refractivity contribution in [3.63, 3.8) is 0 Å². The van der Waals surface area contributed by atoms with Gasteiger partial charge >= 0.3 is 0 Å². The van der Waals surface area contributed by atoms with E-state index in [0.29, 0.717) is 0 Å². The Labute approximate surface area is 129 Å². The fraction of sp³-hybridized carbons (Fsp3) is 0.333. The quantitative estimate of drug-likeness (QED) is 0.863. The van der Waals surface area contributed by atoms with Crippen LogP contribution in [0.3, 0.4) is 0 Å². The molecule has 0 spiro atoms. The molecule has 0 aliphatic rings. The van der Waals surface area contributed by atoms with Gasteiger partial charge in [-0.25, -0.2) is 4.98 Å². The van der Waals surface area contributed by atoms with E-state index in [-0.39, 0.29) is 11.2 Å². The molecule has 0 saturated heterocycles. The Bertz CT molecular complexity index is 606. The Hall–Kier alpha value is -1.95. The molecule has 1 aromatic carbocycles. The van der Waals surface area contributed by atoms with Crippen LogP contribution < -0.4 is 10.2 Å². The molecule has 0 aliphatic heterocycles. The highest BCUT2D eigenvalue weighted by atomic mass is 32.2. The van der Waals surface area contributed by atoms with Gasteiger partial charge in [-0.15, -0.1) is 0 Å². The van der Waals surface area contributed by atoms with Crippen LogP contribution in [0.5, 0.6) is 0 Å². The molecule has 1 N–H and O–H groups in total. The number of thioether (sulfide) groups is 1. The molecule has 0 saturated carbocycles. The molecule has 0 fully saturated rings. The second-order valence-corrected chi connectivity index (χ2v) is 6.32. The minimum absolute atomic E-state index is 0.0272. The first-order chi connectivity index (χ1) is 9.97. The van der Waals surface area contributed by atoms with Gasteiger partial charge in [0.05, 0.1) is 5.25 Å². The summed E-state index contributed by atoms with van der Waals surface area (Å²) >= 11 is 1.44. The van der Waals surface area contributed by atoms with E-state index in [9.17, 15) is 4.79 Å². The summed E-state index contributed by atoms with van der Waals surface area (Å²) in [6.45, 7) is 1.88. The van der Waals surface area contributed by atoms with E-state index in [4.69, 9.17) is 0 Å². The number of rotatable bonds is 5. The van der Waals surface area contributed by atoms with Crippen molar-refractivity contribution in [3.8, 4) is 0 Å². The van der Waals surface area contributed by atoms with Gasteiger partial charge in [0.2, 0.25) is 5.91 Å². The van der Waals surface area contributed by atoms with Crippen LogP contribution in [0.25, 0.3) is 0 Å². The molecule has 1 unspecified atom stereocenters. The first-order valence-corrected chi connectivity index (χ1v) is 7.57. The van der Waals surface area contributed by atoms with Gasteiger partial charge in [-0.2, -0.15) is 0 Å². The number of carbonyl (C=O) groups is 1. The summed E-state index contributed by atoms with van der Waals surface area (Å²) in [6, 6.07) is 7.77. The van der Waals surface area contributed by atoms with Gasteiger partial charge in [-0.3, -0.25) is 4.79 Å². The van der Waals surface area contributed by atoms with Crippen molar-refractivity contribution < 1.29 is 4.79 Å². The maximum Gasteiger partial charge on any atom is 0.237 e. The first-order valence-electron chi connectivity index (χ1n) is 6.69. The molecule has 0 bridgehead atoms. The van der Waals surface area contributed by atoms with Gasteiger partial charge in [0.25, 0.3) is 0 Å². The molecule has 0 radical (unpaired) electrons. The minimum Gasteiger partial charge on any atom is -0.378 e. The molecule has 0 aliphatic carbocycles. The van der Waals surface area contributed by atoms with E-state index in [1.165, 1.54) is 11.8 Å². The fourth-order valence-corrected chi connectivity index (χ4v) is 2.59. The van der Waals surface area contributed by atoms with Crippen LogP contribution in [-0.4, -0.2) is 34.8 Å². The molecule has 2 rings (SSSR count). The molecule has 21 heavy (non-hydrogen) atoms. The zero-order chi connectivity index (χ0) is 15.4. The van der Waals surface area contributed by atoms with E-state index < -0.39 is 0 Å². The SMILES string of the molecule is CC(Sc1nccn1C)C(=O)Nc1ccc(N(C)C)cc1. The summed E-state index contributed by atoms with van der Waals surface area (Å²) in [7, 11) is 5.89. The van der Waals surface area contributed by atoms with Gasteiger partial charge < -0.3 is 14.8 Å². The van der Waals surface area contributed by atoms with Gasteiger partial charge in [0.1, 0.15) is 0 Å². The molecular weight excluding hydrogens is 284 g/mol. The minimum atomic E-state index is -0.209. The topological polar surface area (TPSA) is 50.2 Å². The standard InChI is InChI=1S/C15H20N4OS/c1-11(21-15-16-9-10-19(15)4)14(20)17-12-5-7-13(8-6-12)18(2)3/h5-11H,1-4H3,(H,17,20). The molecule has 112 valence electrons. The van der Waals surface area contributed by atoms with Gasteiger partial charge in [-0.1, -0.05) is 11.8 Å². The number of carbonyl (C=O) groups excluding carboxylic acids is 1. The number of nitrogens with one attached hydrogen (secondary N) is 1. The summed E-state index contributed by atoms with van der Waals surface area (Å²) in [5.74, 6) is -0.0272. The third-order valence-electron chi connectivity index (χ3n) is 3.08. The molecule has 1 amide bonds. The molecule has 1 heterocycles. The number of anilines is 2. The Morgan fingerprint density at radius 2 is 2.00 bits per heavy atom. The lowest BCUT2D eigenvalue weighted by Gasteiger charge is -2.14. The molecule has 5 nitrogen and oxygen atoms in total. The summed E-state index contributed by atoms with van der Waals surface area (Å²) in [5, 5.41) is 3.55. The van der Waals surface area contributed by atoms with Crippen molar-refractivity contribution in [1.82, 2.24) is 9.55 Å². The maximum absolute atomic E-state index is 12.2. The summed E-state index contributed by atoms with van der Waals surface area (Å²) in [6.07, 6.45) is 3.60. The van der Waals surface area contributed by atoms with Crippen LogP contribution in [0.15, 0.2) is 41.8 Å². The van der Waals surface area contributed by atoms with Crippen molar-refractivity contribution in [2.24, 2.45) is 7.05 Å². The number of aromatic nitrogens is 2. The lowest BCUT2D eigenvalue weighted by atomic mass is 10.2. The molecule has 6 heteroatoms. The highest BCUT2D eigenvalue weighted by Gasteiger charge is 2.16. The lowest BCUT2D eigenvalue weighted by Crippen LogP contribution is -2.22. The molecular formula is C15H20N4OS. The van der Waals surface area contributed by atoms with Crippen LogP contribution in [0, 0.1) is 0 Å². The number of imidazole rings is 1. The van der Waals surface area contributed by atoms with Crippen molar-refractivity contribution in [3.05, 3.63) is 36.7 Å². The summed E-state index contributed by atoms with van der Waals surface area (Å²) in [4.78, 5) is 18.4. The maximum atomic E-state index is 12.2. The van der Waals surface area contributed by atoms with Crippen LogP contribution in [0.1, 0.15) is 6.92 Å². The number of hydrogen-bond acceptors (Lipinski definition) is 4. The highest BCUT2D eigenvalue weighted by molar-refractivity contribution is 8.00. The normalized spacial score (nSPS) is 12.0. The average molecular weight is 304 g/mol. The van der Waals surface area contributed by atoms with E-state index in [2.05, 4.69) is 10.3 Å². The van der Waals surface area contributed by atoms with E-state index in [0.717, 1.165) is 16.5 Å². The first kappa shape index (κ1) is 15.4. The lowest BCUT2D eigenvalue weighted by molar-refractivity contribution is -0.115. The number of nitrogens with zero attached hydrogens (tertiary/aromatic N) is 3. The molecule has 1 atom stereocenters. The van der Waals surface area contributed by atoms with Crippen molar-refractivity contribution in [2.45, 2.75) is 17.3 Å². The zero-order valence-electron chi connectivity index (χ0n) is 12.7. The summed E-state index contributed by atoms with van der Waals surface area (Å²) < 4.78 is 1.90. The van der Waals surface area contributed by atoms with Crippen LogP contribution in [0.2, 0.25) is 0 Å². The van der Waals surface area contributed by atoms with Gasteiger partial charge in [-0.05, 0) is 31.2 Å². The monoisotopic (exact) mass is 304 g/mol. The second-order valence-electron chi connectivity index (χ2n) is 5.01. The van der Waals surface area contributed by atoms with E-state index >= 15 is 0 Å². The number of aryl methyl sites for hydroxylation is 1. The molecule has 2 aromatic rings. The average Bonchev–Trinajstić information content (AvgIpc) is 2.84. The third-order valence-corrected chi connectivity index (χ3v) is 4.25. The largest absolute Gasteiger partial charge is 0.378 e. The molecule has 1 aromatic heterocycles. The Morgan fingerprint density at radius 1 is 1.33 bits per heavy atom. The number of hydrogen-bond donors (Lipinski definition) is 1. The van der Waals surface area contributed by atoms with Gasteiger partial charge in [0, 0.05) is 44.9 Å². The predicted octanol–water partition coefficient (Wildman–Crippen LogP) is 2.61. The van der Waals surface area contributed by atoms with Crippen molar-refractivity contribution in [1.29, 1.82) is 0 Å². The fourth-order valence-electron chi connectivity index (χ4n) is 1.76. The van der Waals surface area contributed by atoms with Crippen LogP contribution >= 0.6 is 11.8 Å². The zero-order valence-corrected chi connectivity index (χ0v) is 13.5. The smallest absolute Gasteiger partial charge is 0.237 e. The van der Waals surface area contributed by atoms with Crippen LogP contribution in [-0.2, 0) is 11.8 Å². The van der Waals surface area contributed by atoms with Crippen molar-refractivity contribution >= 4 is 29.0 Å². The third kappa shape index (κ3) is 4.01. The Kier molecular flexibility index (Phi) is 4.90. The second kappa shape index (κ2) is 6.67. The van der Waals surface area contributed by atoms with E-state index in [1.807, 2.05) is 68.0 Å². The highest BCUT2D eigenvalue weighted by Crippen LogP contribution is 2.22. The summed E-state index contributed by atoms with van der Waals surface area (Å²) in [5.41, 5.74) is 1.90. The van der Waals surface area contributed by atoms with Gasteiger partial charge in [0.15, 0.2) is 5.16 Å². The van der Waals surface area contributed by atoms with Crippen LogP contribution in [0.4, 0.5) is 11.4 Å². The predicted molar refractivity (Wildman–Crippen MR) is 87.9 cm³/mol. The Balaban J connectivity index is 1.95.